The van der Waals surface area contributed by atoms with Crippen LogP contribution in [0, 0.1) is 11.3 Å². The molecule has 0 atom stereocenters. The van der Waals surface area contributed by atoms with Crippen LogP contribution in [-0.4, -0.2) is 13.0 Å². The van der Waals surface area contributed by atoms with Gasteiger partial charge in [-0.3, -0.25) is 4.79 Å². The summed E-state index contributed by atoms with van der Waals surface area (Å²) in [5.41, 5.74) is 2.71. The van der Waals surface area contributed by atoms with Crippen molar-refractivity contribution in [1.82, 2.24) is 0 Å². The molecular formula is C12H10N2O. The average Bonchev–Trinajstić information content (AvgIpc) is 2.52. The van der Waals surface area contributed by atoms with Gasteiger partial charge in [0.25, 0.3) is 5.91 Å². The third kappa shape index (κ3) is 1.23. The van der Waals surface area contributed by atoms with Crippen molar-refractivity contribution in [3.05, 3.63) is 35.4 Å². The summed E-state index contributed by atoms with van der Waals surface area (Å²) in [6.07, 6.45) is 0. The van der Waals surface area contributed by atoms with Crippen LogP contribution in [0.4, 0.5) is 5.69 Å². The highest BCUT2D eigenvalue weighted by atomic mass is 16.2. The highest BCUT2D eigenvalue weighted by Gasteiger charge is 2.30. The number of allylic oxidation sites excluding steroid dienone is 1. The molecule has 1 aliphatic rings. The van der Waals surface area contributed by atoms with Crippen LogP contribution >= 0.6 is 0 Å². The van der Waals surface area contributed by atoms with Crippen LogP contribution in [-0.2, 0) is 4.79 Å². The third-order valence-electron chi connectivity index (χ3n) is 2.60. The Balaban J connectivity index is 2.74. The minimum atomic E-state index is -0.102. The topological polar surface area (TPSA) is 44.1 Å². The molecule has 0 N–H and O–H groups in total. The highest BCUT2D eigenvalue weighted by Crippen LogP contribution is 2.36. The molecule has 3 nitrogen and oxygen atoms in total. The van der Waals surface area contributed by atoms with E-state index in [1.165, 1.54) is 0 Å². The average molecular weight is 198 g/mol. The number of carbonyl (C=O) groups excluding carboxylic acids is 1. The normalized spacial score (nSPS) is 17.4. The number of benzene rings is 1. The van der Waals surface area contributed by atoms with Crippen molar-refractivity contribution in [2.45, 2.75) is 6.92 Å². The lowest BCUT2D eigenvalue weighted by atomic mass is 10.0. The van der Waals surface area contributed by atoms with Gasteiger partial charge in [-0.1, -0.05) is 18.2 Å². The SMILES string of the molecule is C/C(C#N)=C1\C(=O)N(C)c2ccccc21. The maximum atomic E-state index is 11.9. The minimum Gasteiger partial charge on any atom is -0.311 e. The first-order valence-electron chi connectivity index (χ1n) is 4.65. The summed E-state index contributed by atoms with van der Waals surface area (Å²) in [6, 6.07) is 9.53. The Morgan fingerprint density at radius 2 is 2.07 bits per heavy atom. The number of amides is 1. The Bertz CT molecular complexity index is 509. The molecule has 0 saturated carbocycles. The van der Waals surface area contributed by atoms with Gasteiger partial charge < -0.3 is 4.90 Å². The number of rotatable bonds is 0. The quantitative estimate of drug-likeness (QED) is 0.472. The Labute approximate surface area is 88.2 Å². The van der Waals surface area contributed by atoms with Gasteiger partial charge in [0.2, 0.25) is 0 Å². The zero-order valence-electron chi connectivity index (χ0n) is 8.61. The van der Waals surface area contributed by atoms with Crippen molar-refractivity contribution < 1.29 is 4.79 Å². The van der Waals surface area contributed by atoms with Gasteiger partial charge >= 0.3 is 0 Å². The van der Waals surface area contributed by atoms with E-state index >= 15 is 0 Å². The molecule has 15 heavy (non-hydrogen) atoms. The maximum absolute atomic E-state index is 11.9. The van der Waals surface area contributed by atoms with E-state index in [0.717, 1.165) is 11.3 Å². The molecule has 0 saturated heterocycles. The molecule has 1 aromatic carbocycles. The predicted molar refractivity (Wildman–Crippen MR) is 58.1 cm³/mol. The number of hydrogen-bond acceptors (Lipinski definition) is 2. The molecule has 1 amide bonds. The maximum Gasteiger partial charge on any atom is 0.259 e. The fourth-order valence-corrected chi connectivity index (χ4v) is 1.79. The molecule has 0 bridgehead atoms. The Hall–Kier alpha value is -2.08. The molecule has 1 aliphatic heterocycles. The number of nitrogens with zero attached hydrogens (tertiary/aromatic N) is 2. The zero-order valence-corrected chi connectivity index (χ0v) is 8.61. The van der Waals surface area contributed by atoms with E-state index in [-0.39, 0.29) is 5.91 Å². The third-order valence-corrected chi connectivity index (χ3v) is 2.60. The number of fused-ring (bicyclic) bond motifs is 1. The number of para-hydroxylation sites is 1. The summed E-state index contributed by atoms with van der Waals surface area (Å²) >= 11 is 0. The molecule has 0 aliphatic carbocycles. The van der Waals surface area contributed by atoms with E-state index in [1.54, 1.807) is 18.9 Å². The van der Waals surface area contributed by atoms with Crippen LogP contribution in [0.15, 0.2) is 29.8 Å². The molecule has 0 fully saturated rings. The fraction of sp³-hybridized carbons (Fsp3) is 0.167. The van der Waals surface area contributed by atoms with Crippen molar-refractivity contribution >= 4 is 17.2 Å². The van der Waals surface area contributed by atoms with Gasteiger partial charge in [-0.25, -0.2) is 0 Å². The van der Waals surface area contributed by atoms with E-state index in [9.17, 15) is 4.79 Å². The van der Waals surface area contributed by atoms with Crippen LogP contribution in [0.5, 0.6) is 0 Å². The van der Waals surface area contributed by atoms with E-state index in [0.29, 0.717) is 11.1 Å². The van der Waals surface area contributed by atoms with E-state index < -0.39 is 0 Å². The second kappa shape index (κ2) is 3.25. The molecule has 1 aromatic rings. The zero-order chi connectivity index (χ0) is 11.0. The second-order valence-corrected chi connectivity index (χ2v) is 3.49. The molecule has 2 rings (SSSR count). The summed E-state index contributed by atoms with van der Waals surface area (Å²) in [7, 11) is 1.72. The van der Waals surface area contributed by atoms with Gasteiger partial charge in [0.05, 0.1) is 17.3 Å². The second-order valence-electron chi connectivity index (χ2n) is 3.49. The number of anilines is 1. The fourth-order valence-electron chi connectivity index (χ4n) is 1.79. The monoisotopic (exact) mass is 198 g/mol. The first kappa shape index (κ1) is 9.47. The van der Waals surface area contributed by atoms with Crippen molar-refractivity contribution in [2.75, 3.05) is 11.9 Å². The Morgan fingerprint density at radius 1 is 1.40 bits per heavy atom. The lowest BCUT2D eigenvalue weighted by Crippen LogP contribution is -2.20. The molecule has 74 valence electrons. The van der Waals surface area contributed by atoms with Crippen molar-refractivity contribution in [2.24, 2.45) is 0 Å². The first-order valence-corrected chi connectivity index (χ1v) is 4.65. The van der Waals surface area contributed by atoms with Gasteiger partial charge in [-0.05, 0) is 13.0 Å². The number of nitriles is 1. The largest absolute Gasteiger partial charge is 0.311 e. The number of likely N-dealkylation sites (N-methyl/N-ethyl adjacent to an activating group) is 1. The lowest BCUT2D eigenvalue weighted by molar-refractivity contribution is -0.112. The molecule has 1 heterocycles. The van der Waals surface area contributed by atoms with Crippen LogP contribution in [0.25, 0.3) is 5.57 Å². The summed E-state index contributed by atoms with van der Waals surface area (Å²) in [5, 5.41) is 8.85. The predicted octanol–water partition coefficient (Wildman–Crippen LogP) is 1.96. The summed E-state index contributed by atoms with van der Waals surface area (Å²) < 4.78 is 0. The Morgan fingerprint density at radius 3 is 2.73 bits per heavy atom. The molecular weight excluding hydrogens is 188 g/mol. The summed E-state index contributed by atoms with van der Waals surface area (Å²) in [4.78, 5) is 13.5. The molecule has 0 radical (unpaired) electrons. The minimum absolute atomic E-state index is 0.102. The molecule has 0 unspecified atom stereocenters. The summed E-state index contributed by atoms with van der Waals surface area (Å²) in [6.45, 7) is 1.67. The summed E-state index contributed by atoms with van der Waals surface area (Å²) in [5.74, 6) is -0.102. The van der Waals surface area contributed by atoms with Crippen LogP contribution in [0.1, 0.15) is 12.5 Å². The highest BCUT2D eigenvalue weighted by molar-refractivity contribution is 6.33. The van der Waals surface area contributed by atoms with E-state index in [2.05, 4.69) is 0 Å². The molecule has 0 aromatic heterocycles. The lowest BCUT2D eigenvalue weighted by Gasteiger charge is -2.07. The van der Waals surface area contributed by atoms with Gasteiger partial charge in [0, 0.05) is 18.2 Å². The van der Waals surface area contributed by atoms with Gasteiger partial charge in [-0.15, -0.1) is 0 Å². The Kier molecular flexibility index (Phi) is 2.05. The van der Waals surface area contributed by atoms with Crippen LogP contribution < -0.4 is 4.90 Å². The van der Waals surface area contributed by atoms with Gasteiger partial charge in [0.1, 0.15) is 0 Å². The van der Waals surface area contributed by atoms with Crippen LogP contribution in [0.2, 0.25) is 0 Å². The van der Waals surface area contributed by atoms with Gasteiger partial charge in [0.15, 0.2) is 0 Å². The van der Waals surface area contributed by atoms with E-state index in [1.807, 2.05) is 30.3 Å². The van der Waals surface area contributed by atoms with E-state index in [4.69, 9.17) is 5.26 Å². The molecule has 3 heteroatoms. The van der Waals surface area contributed by atoms with Crippen molar-refractivity contribution in [3.63, 3.8) is 0 Å². The van der Waals surface area contributed by atoms with Crippen molar-refractivity contribution in [3.8, 4) is 6.07 Å². The van der Waals surface area contributed by atoms with Crippen molar-refractivity contribution in [1.29, 1.82) is 5.26 Å². The standard InChI is InChI=1S/C12H10N2O/c1-8(7-13)11-9-5-3-4-6-10(9)14(2)12(11)15/h3-6H,1-2H3/b11-8+. The van der Waals surface area contributed by atoms with Crippen LogP contribution in [0.3, 0.4) is 0 Å². The first-order chi connectivity index (χ1) is 7.16. The number of carbonyl (C=O) groups is 1. The number of hydrogen-bond donors (Lipinski definition) is 0. The smallest absolute Gasteiger partial charge is 0.259 e. The van der Waals surface area contributed by atoms with Gasteiger partial charge in [-0.2, -0.15) is 5.26 Å². The molecule has 0 spiro atoms.